The van der Waals surface area contributed by atoms with Crippen molar-refractivity contribution in [3.8, 4) is 5.75 Å². The highest BCUT2D eigenvalue weighted by atomic mass is 16.5. The van der Waals surface area contributed by atoms with Gasteiger partial charge in [-0.2, -0.15) is 0 Å². The number of Topliss-reactive ketones (excluding diaryl/α,β-unsaturated/α-hetero) is 1. The van der Waals surface area contributed by atoms with Crippen molar-refractivity contribution in [1.82, 2.24) is 0 Å². The molecule has 86 valence electrons. The molecule has 1 aliphatic rings. The molecule has 1 aromatic carbocycles. The van der Waals surface area contributed by atoms with E-state index in [-0.39, 0.29) is 11.7 Å². The summed E-state index contributed by atoms with van der Waals surface area (Å²) in [7, 11) is 1.59. The number of ether oxygens (including phenoxy) is 1. The second-order valence-corrected chi connectivity index (χ2v) is 4.43. The molecule has 0 aromatic heterocycles. The van der Waals surface area contributed by atoms with Crippen LogP contribution in [-0.2, 0) is 0 Å². The van der Waals surface area contributed by atoms with Crippen LogP contribution in [0.4, 0.5) is 0 Å². The summed E-state index contributed by atoms with van der Waals surface area (Å²) in [6.45, 7) is 3.76. The Balaban J connectivity index is 2.58. The fraction of sp³-hybridized carbons (Fsp3) is 0.462. The third kappa shape index (κ3) is 1.61. The van der Waals surface area contributed by atoms with E-state index in [2.05, 4.69) is 0 Å². The number of hydrogen-bond donors (Lipinski definition) is 1. The van der Waals surface area contributed by atoms with Crippen molar-refractivity contribution >= 4 is 5.78 Å². The Labute approximate surface area is 95.0 Å². The molecule has 0 saturated carbocycles. The standard InChI is InChI=1S/C13H16O3/c1-7-4-10-9(6-12(7)16-3)11(14)5-8(2)13(10)15/h4,6,8,11,14H,5H2,1-3H3/t8-,11+/m1/s1. The van der Waals surface area contributed by atoms with Crippen molar-refractivity contribution in [2.45, 2.75) is 26.4 Å². The van der Waals surface area contributed by atoms with Crippen molar-refractivity contribution in [2.75, 3.05) is 7.11 Å². The molecular formula is C13H16O3. The normalized spacial score (nSPS) is 24.1. The molecule has 3 nitrogen and oxygen atoms in total. The SMILES string of the molecule is COc1cc2c(cc1C)C(=O)[C@H](C)C[C@@H]2O. The van der Waals surface area contributed by atoms with Crippen molar-refractivity contribution in [2.24, 2.45) is 5.92 Å². The van der Waals surface area contributed by atoms with Gasteiger partial charge in [-0.3, -0.25) is 4.79 Å². The van der Waals surface area contributed by atoms with Gasteiger partial charge in [0.1, 0.15) is 5.75 Å². The number of carbonyl (C=O) groups excluding carboxylic acids is 1. The summed E-state index contributed by atoms with van der Waals surface area (Å²) in [5.41, 5.74) is 2.27. The van der Waals surface area contributed by atoms with Gasteiger partial charge in [-0.1, -0.05) is 6.92 Å². The Hall–Kier alpha value is -1.35. The Bertz CT molecular complexity index is 437. The van der Waals surface area contributed by atoms with E-state index in [0.717, 1.165) is 11.3 Å². The van der Waals surface area contributed by atoms with Crippen LogP contribution < -0.4 is 4.74 Å². The number of benzene rings is 1. The van der Waals surface area contributed by atoms with Crippen LogP contribution >= 0.6 is 0 Å². The quantitative estimate of drug-likeness (QED) is 0.789. The van der Waals surface area contributed by atoms with E-state index in [4.69, 9.17) is 4.74 Å². The van der Waals surface area contributed by atoms with Gasteiger partial charge in [0.05, 0.1) is 13.2 Å². The van der Waals surface area contributed by atoms with Crippen LogP contribution in [0.5, 0.6) is 5.75 Å². The van der Waals surface area contributed by atoms with E-state index in [1.165, 1.54) is 0 Å². The van der Waals surface area contributed by atoms with Gasteiger partial charge in [0.15, 0.2) is 5.78 Å². The Morgan fingerprint density at radius 1 is 1.44 bits per heavy atom. The van der Waals surface area contributed by atoms with Crippen LogP contribution in [0.3, 0.4) is 0 Å². The number of aliphatic hydroxyl groups is 1. The monoisotopic (exact) mass is 220 g/mol. The van der Waals surface area contributed by atoms with Crippen LogP contribution in [-0.4, -0.2) is 18.0 Å². The summed E-state index contributed by atoms with van der Waals surface area (Å²) in [5, 5.41) is 9.95. The molecule has 0 saturated heterocycles. The van der Waals surface area contributed by atoms with Gasteiger partial charge in [0.25, 0.3) is 0 Å². The average molecular weight is 220 g/mol. The van der Waals surface area contributed by atoms with Gasteiger partial charge in [-0.05, 0) is 36.6 Å². The number of carbonyl (C=O) groups is 1. The first-order valence-electron chi connectivity index (χ1n) is 5.45. The molecule has 3 heteroatoms. The molecule has 0 bridgehead atoms. The molecule has 0 amide bonds. The molecule has 1 aliphatic carbocycles. The summed E-state index contributed by atoms with van der Waals surface area (Å²) in [5.74, 6) is 0.738. The average Bonchev–Trinajstić information content (AvgIpc) is 2.25. The molecule has 0 heterocycles. The highest BCUT2D eigenvalue weighted by Crippen LogP contribution is 2.36. The van der Waals surface area contributed by atoms with E-state index in [1.54, 1.807) is 13.2 Å². The minimum atomic E-state index is -0.558. The molecule has 0 spiro atoms. The Morgan fingerprint density at radius 3 is 2.75 bits per heavy atom. The van der Waals surface area contributed by atoms with Crippen molar-refractivity contribution < 1.29 is 14.6 Å². The van der Waals surface area contributed by atoms with Crippen LogP contribution in [0.2, 0.25) is 0 Å². The smallest absolute Gasteiger partial charge is 0.166 e. The number of ketones is 1. The first-order valence-corrected chi connectivity index (χ1v) is 5.45. The van der Waals surface area contributed by atoms with Crippen molar-refractivity contribution in [1.29, 1.82) is 0 Å². The number of hydrogen-bond acceptors (Lipinski definition) is 3. The predicted molar refractivity (Wildman–Crippen MR) is 60.8 cm³/mol. The molecule has 1 N–H and O–H groups in total. The molecular weight excluding hydrogens is 204 g/mol. The van der Waals surface area contributed by atoms with Crippen LogP contribution in [0, 0.1) is 12.8 Å². The third-order valence-corrected chi connectivity index (χ3v) is 3.22. The largest absolute Gasteiger partial charge is 0.496 e. The van der Waals surface area contributed by atoms with Gasteiger partial charge < -0.3 is 9.84 Å². The summed E-state index contributed by atoms with van der Waals surface area (Å²) in [6.07, 6.45) is -0.0601. The zero-order valence-electron chi connectivity index (χ0n) is 9.78. The first kappa shape index (κ1) is 11.1. The van der Waals surface area contributed by atoms with Crippen molar-refractivity contribution in [3.05, 3.63) is 28.8 Å². The molecule has 0 radical (unpaired) electrons. The maximum absolute atomic E-state index is 12.0. The van der Waals surface area contributed by atoms with Crippen LogP contribution in [0.1, 0.15) is 40.9 Å². The van der Waals surface area contributed by atoms with Gasteiger partial charge in [0, 0.05) is 11.5 Å². The molecule has 0 unspecified atom stereocenters. The van der Waals surface area contributed by atoms with Crippen LogP contribution in [0.25, 0.3) is 0 Å². The second-order valence-electron chi connectivity index (χ2n) is 4.43. The summed E-state index contributed by atoms with van der Waals surface area (Å²) < 4.78 is 5.20. The lowest BCUT2D eigenvalue weighted by molar-refractivity contribution is 0.0795. The summed E-state index contributed by atoms with van der Waals surface area (Å²) in [6, 6.07) is 3.59. The van der Waals surface area contributed by atoms with E-state index in [1.807, 2.05) is 19.9 Å². The summed E-state index contributed by atoms with van der Waals surface area (Å²) in [4.78, 5) is 12.0. The predicted octanol–water partition coefficient (Wildman–Crippen LogP) is 2.26. The van der Waals surface area contributed by atoms with Crippen LogP contribution in [0.15, 0.2) is 12.1 Å². The van der Waals surface area contributed by atoms with E-state index in [9.17, 15) is 9.90 Å². The van der Waals surface area contributed by atoms with Gasteiger partial charge in [0.2, 0.25) is 0 Å². The first-order chi connectivity index (χ1) is 7.54. The number of aliphatic hydroxyl groups excluding tert-OH is 1. The van der Waals surface area contributed by atoms with Gasteiger partial charge >= 0.3 is 0 Å². The lowest BCUT2D eigenvalue weighted by Crippen LogP contribution is -2.23. The number of fused-ring (bicyclic) bond motifs is 1. The zero-order valence-corrected chi connectivity index (χ0v) is 9.78. The minimum absolute atomic E-state index is 0.102. The minimum Gasteiger partial charge on any atom is -0.496 e. The maximum Gasteiger partial charge on any atom is 0.166 e. The number of methoxy groups -OCH3 is 1. The molecule has 2 atom stereocenters. The van der Waals surface area contributed by atoms with E-state index in [0.29, 0.717) is 17.5 Å². The lowest BCUT2D eigenvalue weighted by Gasteiger charge is -2.26. The van der Waals surface area contributed by atoms with Crippen molar-refractivity contribution in [3.63, 3.8) is 0 Å². The molecule has 1 aromatic rings. The molecule has 0 fully saturated rings. The zero-order chi connectivity index (χ0) is 11.9. The highest BCUT2D eigenvalue weighted by molar-refractivity contribution is 6.00. The van der Waals surface area contributed by atoms with E-state index < -0.39 is 6.10 Å². The summed E-state index contributed by atoms with van der Waals surface area (Å²) >= 11 is 0. The third-order valence-electron chi connectivity index (χ3n) is 3.22. The fourth-order valence-corrected chi connectivity index (χ4v) is 2.25. The molecule has 0 aliphatic heterocycles. The van der Waals surface area contributed by atoms with E-state index >= 15 is 0 Å². The van der Waals surface area contributed by atoms with Gasteiger partial charge in [-0.15, -0.1) is 0 Å². The Kier molecular flexibility index (Phi) is 2.72. The Morgan fingerprint density at radius 2 is 2.12 bits per heavy atom. The van der Waals surface area contributed by atoms with Gasteiger partial charge in [-0.25, -0.2) is 0 Å². The number of aryl methyl sites for hydroxylation is 1. The maximum atomic E-state index is 12.0. The highest BCUT2D eigenvalue weighted by Gasteiger charge is 2.30. The fourth-order valence-electron chi connectivity index (χ4n) is 2.25. The number of rotatable bonds is 1. The topological polar surface area (TPSA) is 46.5 Å². The second kappa shape index (κ2) is 3.91. The molecule has 16 heavy (non-hydrogen) atoms. The molecule has 2 rings (SSSR count). The lowest BCUT2D eigenvalue weighted by atomic mass is 9.81.